The van der Waals surface area contributed by atoms with E-state index in [2.05, 4.69) is 15.2 Å². The zero-order chi connectivity index (χ0) is 17.1. The van der Waals surface area contributed by atoms with E-state index in [0.29, 0.717) is 12.4 Å². The van der Waals surface area contributed by atoms with Crippen LogP contribution in [-0.4, -0.2) is 42.2 Å². The van der Waals surface area contributed by atoms with E-state index < -0.39 is 6.09 Å². The summed E-state index contributed by atoms with van der Waals surface area (Å²) in [5, 5.41) is 2.83. The number of aromatic nitrogens is 1. The summed E-state index contributed by atoms with van der Waals surface area (Å²) in [6.45, 7) is 3.97. The molecule has 0 radical (unpaired) electrons. The van der Waals surface area contributed by atoms with Gasteiger partial charge in [0.2, 0.25) is 0 Å². The molecule has 6 heteroatoms. The van der Waals surface area contributed by atoms with Gasteiger partial charge in [-0.2, -0.15) is 0 Å². The number of carbonyl (C=O) groups excluding carboxylic acids is 1. The molecule has 2 aromatic rings. The van der Waals surface area contributed by atoms with Crippen molar-refractivity contribution in [2.75, 3.05) is 31.6 Å². The first-order valence-corrected chi connectivity index (χ1v) is 9.77. The number of benzene rings is 1. The first-order valence-electron chi connectivity index (χ1n) is 8.89. The highest BCUT2D eigenvalue weighted by Gasteiger charge is 2.38. The minimum absolute atomic E-state index is 0.175. The number of nitrogens with zero attached hydrogens (tertiary/aromatic N) is 2. The Morgan fingerprint density at radius 3 is 2.80 bits per heavy atom. The fourth-order valence-corrected chi connectivity index (χ4v) is 4.63. The molecule has 2 bridgehead atoms. The van der Waals surface area contributed by atoms with Gasteiger partial charge in [0.25, 0.3) is 0 Å². The van der Waals surface area contributed by atoms with Crippen LogP contribution in [0.25, 0.3) is 10.4 Å². The van der Waals surface area contributed by atoms with Crippen molar-refractivity contribution in [1.29, 1.82) is 0 Å². The molecular formula is C19H23N3O2S. The molecule has 3 fully saturated rings. The van der Waals surface area contributed by atoms with Crippen molar-refractivity contribution >= 4 is 23.2 Å². The van der Waals surface area contributed by atoms with Gasteiger partial charge in [-0.1, -0.05) is 30.3 Å². The van der Waals surface area contributed by atoms with E-state index in [1.54, 1.807) is 5.51 Å². The average Bonchev–Trinajstić information content (AvgIpc) is 2.89. The van der Waals surface area contributed by atoms with Gasteiger partial charge < -0.3 is 9.64 Å². The van der Waals surface area contributed by atoms with E-state index in [1.165, 1.54) is 24.3 Å². The summed E-state index contributed by atoms with van der Waals surface area (Å²) in [5.41, 5.74) is 2.97. The Labute approximate surface area is 152 Å². The van der Waals surface area contributed by atoms with Crippen molar-refractivity contribution in [2.45, 2.75) is 25.7 Å². The number of rotatable bonds is 4. The minimum Gasteiger partial charge on any atom is -0.449 e. The van der Waals surface area contributed by atoms with Crippen molar-refractivity contribution in [3.05, 3.63) is 35.8 Å². The largest absolute Gasteiger partial charge is 0.449 e. The highest BCUT2D eigenvalue weighted by atomic mass is 32.1. The van der Waals surface area contributed by atoms with Gasteiger partial charge in [-0.05, 0) is 50.9 Å². The van der Waals surface area contributed by atoms with Crippen LogP contribution in [-0.2, 0) is 4.74 Å². The molecule has 25 heavy (non-hydrogen) atoms. The van der Waals surface area contributed by atoms with E-state index in [0.717, 1.165) is 42.8 Å². The first-order chi connectivity index (χ1) is 12.2. The van der Waals surface area contributed by atoms with Gasteiger partial charge >= 0.3 is 6.09 Å². The van der Waals surface area contributed by atoms with E-state index in [4.69, 9.17) is 4.74 Å². The smallest absolute Gasteiger partial charge is 0.412 e. The lowest BCUT2D eigenvalue weighted by atomic mass is 9.77. The number of thiazole rings is 1. The van der Waals surface area contributed by atoms with Crippen molar-refractivity contribution in [3.63, 3.8) is 0 Å². The van der Waals surface area contributed by atoms with Crippen LogP contribution in [0.15, 0.2) is 35.8 Å². The molecular weight excluding hydrogens is 334 g/mol. The van der Waals surface area contributed by atoms with Crippen LogP contribution in [0.3, 0.4) is 0 Å². The Morgan fingerprint density at radius 2 is 2.00 bits per heavy atom. The molecule has 132 valence electrons. The summed E-state index contributed by atoms with van der Waals surface area (Å²) >= 11 is 1.52. The van der Waals surface area contributed by atoms with E-state index in [9.17, 15) is 4.79 Å². The van der Waals surface area contributed by atoms with Crippen LogP contribution in [0, 0.1) is 5.41 Å². The monoisotopic (exact) mass is 357 g/mol. The molecule has 0 aliphatic carbocycles. The number of hydrogen-bond donors (Lipinski definition) is 1. The normalized spacial score (nSPS) is 25.4. The molecule has 0 spiro atoms. The second-order valence-electron chi connectivity index (χ2n) is 7.04. The number of amides is 1. The van der Waals surface area contributed by atoms with Gasteiger partial charge in [0, 0.05) is 5.41 Å². The summed E-state index contributed by atoms with van der Waals surface area (Å²) in [7, 11) is 0. The molecule has 1 aromatic carbocycles. The fraction of sp³-hybridized carbons (Fsp3) is 0.474. The van der Waals surface area contributed by atoms with Gasteiger partial charge in [-0.3, -0.25) is 5.32 Å². The predicted octanol–water partition coefficient (Wildman–Crippen LogP) is 4.23. The summed E-state index contributed by atoms with van der Waals surface area (Å²) < 4.78 is 5.62. The maximum Gasteiger partial charge on any atom is 0.412 e. The molecule has 0 saturated carbocycles. The molecule has 3 aliphatic heterocycles. The molecule has 1 N–H and O–H groups in total. The number of ether oxygens (including phenoxy) is 1. The van der Waals surface area contributed by atoms with Crippen molar-refractivity contribution in [1.82, 2.24) is 9.88 Å². The molecule has 5 rings (SSSR count). The van der Waals surface area contributed by atoms with Crippen LogP contribution in [0.1, 0.15) is 25.7 Å². The van der Waals surface area contributed by atoms with Crippen LogP contribution < -0.4 is 5.32 Å². The number of fused-ring (bicyclic) bond motifs is 4. The molecule has 0 atom stereocenters. The molecule has 0 unspecified atom stereocenters. The Hall–Kier alpha value is -1.92. The highest BCUT2D eigenvalue weighted by molar-refractivity contribution is 7.13. The summed E-state index contributed by atoms with van der Waals surface area (Å²) in [4.78, 5) is 20.1. The highest BCUT2D eigenvalue weighted by Crippen LogP contribution is 2.39. The van der Waals surface area contributed by atoms with E-state index >= 15 is 0 Å². The Morgan fingerprint density at radius 1 is 1.20 bits per heavy atom. The second kappa shape index (κ2) is 7.14. The van der Waals surface area contributed by atoms with E-state index in [1.807, 2.05) is 30.3 Å². The standard InChI is InChI=1S/C19H23N3O2S/c23-18(24-13-19-7-4-10-22(11-8-19)12-9-19)21-17-16(25-14-20-17)15-5-2-1-3-6-15/h1-3,5-6,14H,4,7-13H2,(H,21,23). The molecule has 1 amide bonds. The van der Waals surface area contributed by atoms with Crippen molar-refractivity contribution in [3.8, 4) is 10.4 Å². The lowest BCUT2D eigenvalue weighted by Crippen LogP contribution is -2.39. The topological polar surface area (TPSA) is 54.5 Å². The molecule has 3 saturated heterocycles. The zero-order valence-corrected chi connectivity index (χ0v) is 15.1. The third-order valence-electron chi connectivity index (χ3n) is 5.43. The number of piperidine rings is 1. The third kappa shape index (κ3) is 3.70. The maximum absolute atomic E-state index is 12.3. The lowest BCUT2D eigenvalue weighted by Gasteiger charge is -2.37. The summed E-state index contributed by atoms with van der Waals surface area (Å²) in [6.07, 6.45) is 4.22. The second-order valence-corrected chi connectivity index (χ2v) is 7.90. The first kappa shape index (κ1) is 16.5. The SMILES string of the molecule is O=C(Nc1ncsc1-c1ccccc1)OCC12CCCN(CC1)CC2. The number of nitrogens with one attached hydrogen (secondary N) is 1. The third-order valence-corrected chi connectivity index (χ3v) is 6.31. The van der Waals surface area contributed by atoms with Crippen LogP contribution in [0.4, 0.5) is 10.6 Å². The van der Waals surface area contributed by atoms with Gasteiger partial charge in [-0.25, -0.2) is 9.78 Å². The Balaban J connectivity index is 1.38. The van der Waals surface area contributed by atoms with Crippen LogP contribution in [0.2, 0.25) is 0 Å². The molecule has 1 aromatic heterocycles. The molecule has 3 aliphatic rings. The van der Waals surface area contributed by atoms with Crippen LogP contribution >= 0.6 is 11.3 Å². The van der Waals surface area contributed by atoms with Gasteiger partial charge in [-0.15, -0.1) is 11.3 Å². The minimum atomic E-state index is -0.399. The number of carbonyl (C=O) groups is 1. The van der Waals surface area contributed by atoms with Gasteiger partial charge in [0.1, 0.15) is 0 Å². The average molecular weight is 357 g/mol. The number of hydrogen-bond acceptors (Lipinski definition) is 5. The van der Waals surface area contributed by atoms with Gasteiger partial charge in [0.05, 0.1) is 17.0 Å². The van der Waals surface area contributed by atoms with E-state index in [-0.39, 0.29) is 5.41 Å². The molecule has 5 nitrogen and oxygen atoms in total. The number of anilines is 1. The zero-order valence-electron chi connectivity index (χ0n) is 14.2. The van der Waals surface area contributed by atoms with Crippen molar-refractivity contribution < 1.29 is 9.53 Å². The Kier molecular flexibility index (Phi) is 4.72. The lowest BCUT2D eigenvalue weighted by molar-refractivity contribution is 0.0504. The quantitative estimate of drug-likeness (QED) is 0.889. The van der Waals surface area contributed by atoms with Gasteiger partial charge in [0.15, 0.2) is 5.82 Å². The van der Waals surface area contributed by atoms with Crippen LogP contribution in [0.5, 0.6) is 0 Å². The summed E-state index contributed by atoms with van der Waals surface area (Å²) in [6, 6.07) is 9.97. The maximum atomic E-state index is 12.3. The predicted molar refractivity (Wildman–Crippen MR) is 99.9 cm³/mol. The summed E-state index contributed by atoms with van der Waals surface area (Å²) in [5.74, 6) is 0.578. The fourth-order valence-electron chi connectivity index (χ4n) is 3.88. The van der Waals surface area contributed by atoms with Crippen molar-refractivity contribution in [2.24, 2.45) is 5.41 Å². The Bertz CT molecular complexity index is 718. The molecule has 4 heterocycles.